The van der Waals surface area contributed by atoms with Crippen LogP contribution in [0.3, 0.4) is 0 Å². The molecule has 2 rings (SSSR count). The zero-order chi connectivity index (χ0) is 11.2. The van der Waals surface area contributed by atoms with E-state index in [1.54, 1.807) is 0 Å². The summed E-state index contributed by atoms with van der Waals surface area (Å²) in [5.74, 6) is 5.88. The van der Waals surface area contributed by atoms with Gasteiger partial charge in [-0.15, -0.1) is 0 Å². The highest BCUT2D eigenvalue weighted by atomic mass is 14.8. The van der Waals surface area contributed by atoms with Crippen LogP contribution in [0.15, 0.2) is 30.3 Å². The molecule has 1 aromatic rings. The third-order valence-electron chi connectivity index (χ3n) is 2.65. The van der Waals surface area contributed by atoms with Crippen LogP contribution in [-0.2, 0) is 0 Å². The Hall–Kier alpha value is -1.56. The summed E-state index contributed by atoms with van der Waals surface area (Å²) in [6, 6.07) is 8.39. The zero-order valence-electron chi connectivity index (χ0n) is 9.29. The molecule has 1 aliphatic heterocycles. The van der Waals surface area contributed by atoms with Crippen molar-refractivity contribution in [2.45, 2.75) is 6.42 Å². The zero-order valence-corrected chi connectivity index (χ0v) is 9.29. The quantitative estimate of drug-likeness (QED) is 0.690. The van der Waals surface area contributed by atoms with Crippen LogP contribution in [0.2, 0.25) is 0 Å². The second-order valence-corrected chi connectivity index (χ2v) is 3.77. The maximum absolute atomic E-state index is 5.33. The third-order valence-corrected chi connectivity index (χ3v) is 2.65. The first-order valence-electron chi connectivity index (χ1n) is 5.59. The Morgan fingerprint density at radius 2 is 2.06 bits per heavy atom. The summed E-state index contributed by atoms with van der Waals surface area (Å²) in [4.78, 5) is 0. The molecule has 3 N–H and O–H groups in total. The molecule has 0 amide bonds. The van der Waals surface area contributed by atoms with E-state index in [-0.39, 0.29) is 0 Å². The molecule has 0 fully saturated rings. The van der Waals surface area contributed by atoms with Gasteiger partial charge in [-0.05, 0) is 36.2 Å². The van der Waals surface area contributed by atoms with Gasteiger partial charge in [0.1, 0.15) is 0 Å². The molecule has 0 atom stereocenters. The lowest BCUT2D eigenvalue weighted by Crippen LogP contribution is -2.19. The van der Waals surface area contributed by atoms with Crippen LogP contribution in [0.4, 0.5) is 0 Å². The molecule has 0 radical (unpaired) electrons. The number of benzene rings is 1. The molecule has 0 aliphatic carbocycles. The minimum absolute atomic E-state index is 0.415. The van der Waals surface area contributed by atoms with E-state index < -0.39 is 0 Å². The van der Waals surface area contributed by atoms with Crippen LogP contribution >= 0.6 is 0 Å². The molecule has 0 unspecified atom stereocenters. The van der Waals surface area contributed by atoms with Gasteiger partial charge in [0.15, 0.2) is 0 Å². The number of hydrogen-bond donors (Lipinski definition) is 2. The van der Waals surface area contributed by atoms with Crippen molar-refractivity contribution in [3.05, 3.63) is 41.5 Å². The van der Waals surface area contributed by atoms with Crippen LogP contribution in [0, 0.1) is 11.8 Å². The first-order chi connectivity index (χ1) is 7.90. The Bertz CT molecular complexity index is 432. The van der Waals surface area contributed by atoms with E-state index in [0.29, 0.717) is 6.54 Å². The summed E-state index contributed by atoms with van der Waals surface area (Å²) < 4.78 is 0. The van der Waals surface area contributed by atoms with Crippen LogP contribution in [-0.4, -0.2) is 19.6 Å². The Labute approximate surface area is 96.5 Å². The Morgan fingerprint density at radius 3 is 2.69 bits per heavy atom. The van der Waals surface area contributed by atoms with E-state index in [1.807, 2.05) is 0 Å². The van der Waals surface area contributed by atoms with E-state index in [0.717, 1.165) is 25.1 Å². The summed E-state index contributed by atoms with van der Waals surface area (Å²) in [6.45, 7) is 2.46. The summed E-state index contributed by atoms with van der Waals surface area (Å²) in [5.41, 5.74) is 9.10. The van der Waals surface area contributed by atoms with Gasteiger partial charge in [-0.1, -0.05) is 30.0 Å². The molecule has 0 saturated heterocycles. The second-order valence-electron chi connectivity index (χ2n) is 3.77. The van der Waals surface area contributed by atoms with Crippen molar-refractivity contribution in [1.29, 1.82) is 0 Å². The summed E-state index contributed by atoms with van der Waals surface area (Å²) >= 11 is 0. The van der Waals surface area contributed by atoms with E-state index in [4.69, 9.17) is 5.73 Å². The Kier molecular flexibility index (Phi) is 3.76. The summed E-state index contributed by atoms with van der Waals surface area (Å²) in [5, 5.41) is 3.31. The minimum atomic E-state index is 0.415. The highest BCUT2D eigenvalue weighted by Crippen LogP contribution is 2.19. The van der Waals surface area contributed by atoms with Gasteiger partial charge in [-0.3, -0.25) is 0 Å². The van der Waals surface area contributed by atoms with Crippen molar-refractivity contribution in [3.8, 4) is 11.8 Å². The van der Waals surface area contributed by atoms with Gasteiger partial charge in [0.2, 0.25) is 0 Å². The fraction of sp³-hybridized carbons (Fsp3) is 0.286. The van der Waals surface area contributed by atoms with E-state index in [2.05, 4.69) is 47.5 Å². The molecule has 1 aromatic carbocycles. The van der Waals surface area contributed by atoms with Crippen molar-refractivity contribution < 1.29 is 0 Å². The monoisotopic (exact) mass is 212 g/mol. The molecule has 1 heterocycles. The summed E-state index contributed by atoms with van der Waals surface area (Å²) in [7, 11) is 0. The lowest BCUT2D eigenvalue weighted by atomic mass is 9.99. The molecule has 0 saturated carbocycles. The van der Waals surface area contributed by atoms with E-state index >= 15 is 0 Å². The molecule has 2 nitrogen and oxygen atoms in total. The van der Waals surface area contributed by atoms with Gasteiger partial charge in [0.25, 0.3) is 0 Å². The molecule has 1 aliphatic rings. The van der Waals surface area contributed by atoms with Gasteiger partial charge < -0.3 is 11.1 Å². The van der Waals surface area contributed by atoms with Gasteiger partial charge >= 0.3 is 0 Å². The molecule has 16 heavy (non-hydrogen) atoms. The maximum Gasteiger partial charge on any atom is 0.0555 e. The smallest absolute Gasteiger partial charge is 0.0555 e. The number of hydrogen-bond acceptors (Lipinski definition) is 2. The van der Waals surface area contributed by atoms with Crippen molar-refractivity contribution in [3.63, 3.8) is 0 Å². The van der Waals surface area contributed by atoms with Gasteiger partial charge in [-0.25, -0.2) is 0 Å². The predicted molar refractivity (Wildman–Crippen MR) is 67.8 cm³/mol. The first-order valence-corrected chi connectivity index (χ1v) is 5.59. The van der Waals surface area contributed by atoms with E-state index in [1.165, 1.54) is 11.1 Å². The average Bonchev–Trinajstić information content (AvgIpc) is 2.38. The average molecular weight is 212 g/mol. The van der Waals surface area contributed by atoms with Gasteiger partial charge in [0.05, 0.1) is 6.54 Å². The van der Waals surface area contributed by atoms with Gasteiger partial charge in [0, 0.05) is 12.1 Å². The van der Waals surface area contributed by atoms with Gasteiger partial charge in [-0.2, -0.15) is 0 Å². The SMILES string of the molecule is NCC#Cc1ccc(C2=CCNCC2)cc1. The third kappa shape index (κ3) is 2.73. The molecule has 0 bridgehead atoms. The van der Waals surface area contributed by atoms with Crippen LogP contribution in [0.25, 0.3) is 5.57 Å². The second kappa shape index (κ2) is 5.50. The molecule has 2 heteroatoms. The largest absolute Gasteiger partial charge is 0.320 e. The van der Waals surface area contributed by atoms with Crippen LogP contribution in [0.1, 0.15) is 17.5 Å². The lowest BCUT2D eigenvalue weighted by Gasteiger charge is -2.14. The Morgan fingerprint density at radius 1 is 1.25 bits per heavy atom. The minimum Gasteiger partial charge on any atom is -0.320 e. The summed E-state index contributed by atoms with van der Waals surface area (Å²) in [6.07, 6.45) is 3.36. The number of rotatable bonds is 1. The fourth-order valence-corrected chi connectivity index (χ4v) is 1.81. The molecular weight excluding hydrogens is 196 g/mol. The number of nitrogens with two attached hydrogens (primary N) is 1. The van der Waals surface area contributed by atoms with Crippen molar-refractivity contribution >= 4 is 5.57 Å². The van der Waals surface area contributed by atoms with E-state index in [9.17, 15) is 0 Å². The standard InChI is InChI=1S/C14H16N2/c15-9-1-2-12-3-5-13(6-4-12)14-7-10-16-11-8-14/h3-7,16H,8-11,15H2. The highest BCUT2D eigenvalue weighted by Gasteiger charge is 2.04. The molecular formula is C14H16N2. The normalized spacial score (nSPS) is 14.9. The number of nitrogens with one attached hydrogen (secondary N) is 1. The van der Waals surface area contributed by atoms with Crippen LogP contribution in [0.5, 0.6) is 0 Å². The molecule has 82 valence electrons. The topological polar surface area (TPSA) is 38.0 Å². The predicted octanol–water partition coefficient (Wildman–Crippen LogP) is 1.37. The van der Waals surface area contributed by atoms with Crippen molar-refractivity contribution in [1.82, 2.24) is 5.32 Å². The van der Waals surface area contributed by atoms with Crippen molar-refractivity contribution in [2.24, 2.45) is 5.73 Å². The highest BCUT2D eigenvalue weighted by molar-refractivity contribution is 5.67. The Balaban J connectivity index is 2.15. The first kappa shape index (κ1) is 10.9. The fourth-order valence-electron chi connectivity index (χ4n) is 1.81. The van der Waals surface area contributed by atoms with Crippen molar-refractivity contribution in [2.75, 3.05) is 19.6 Å². The van der Waals surface area contributed by atoms with Crippen LogP contribution < -0.4 is 11.1 Å². The lowest BCUT2D eigenvalue weighted by molar-refractivity contribution is 0.738. The molecule has 0 spiro atoms. The maximum atomic E-state index is 5.33. The molecule has 0 aromatic heterocycles.